The van der Waals surface area contributed by atoms with Crippen LogP contribution in [-0.2, 0) is 14.3 Å². The third-order valence-corrected chi connectivity index (χ3v) is 13.6. The summed E-state index contributed by atoms with van der Waals surface area (Å²) in [4.78, 5) is 40.8. The van der Waals surface area contributed by atoms with Gasteiger partial charge in [-0.1, -0.05) is 54.5 Å². The maximum atomic E-state index is 14.7. The zero-order valence-corrected chi connectivity index (χ0v) is 27.8. The molecule has 4 saturated carbocycles. The molecule has 0 radical (unpaired) electrons. The van der Waals surface area contributed by atoms with Crippen LogP contribution in [-0.4, -0.2) is 29.8 Å². The molecule has 0 saturated heterocycles. The number of carbonyl (C=O) groups is 3. The molecule has 5 aliphatic carbocycles. The number of rotatable bonds is 2. The molecule has 5 aliphatic rings. The summed E-state index contributed by atoms with van der Waals surface area (Å²) in [5.74, 6) is 0.622. The molecule has 2 unspecified atom stereocenters. The molecule has 0 bridgehead atoms. The summed E-state index contributed by atoms with van der Waals surface area (Å²) in [6.45, 7) is 22.0. The number of hydrogen-bond acceptors (Lipinski definition) is 5. The Hall–Kier alpha value is -2.16. The van der Waals surface area contributed by atoms with E-state index in [-0.39, 0.29) is 62.8 Å². The predicted molar refractivity (Wildman–Crippen MR) is 163 cm³/mol. The van der Waals surface area contributed by atoms with E-state index in [0.717, 1.165) is 44.9 Å². The quantitative estimate of drug-likeness (QED) is 0.360. The zero-order valence-electron chi connectivity index (χ0n) is 27.8. The van der Waals surface area contributed by atoms with Crippen molar-refractivity contribution in [1.29, 1.82) is 5.26 Å². The van der Waals surface area contributed by atoms with Crippen LogP contribution in [0.4, 0.5) is 4.79 Å². The van der Waals surface area contributed by atoms with Gasteiger partial charge in [-0.2, -0.15) is 5.26 Å². The fourth-order valence-corrected chi connectivity index (χ4v) is 11.3. The molecule has 0 heterocycles. The molecule has 1 amide bonds. The number of nitrogens with zero attached hydrogens (tertiary/aromatic N) is 1. The molecule has 6 heteroatoms. The Bertz CT molecular complexity index is 1270. The maximum absolute atomic E-state index is 14.7. The fraction of sp³-hybridized carbons (Fsp3) is 0.833. The Morgan fingerprint density at radius 3 is 2.24 bits per heavy atom. The van der Waals surface area contributed by atoms with Crippen molar-refractivity contribution in [2.75, 3.05) is 6.54 Å². The van der Waals surface area contributed by atoms with Gasteiger partial charge in [0.2, 0.25) is 0 Å². The van der Waals surface area contributed by atoms with Crippen LogP contribution in [0.1, 0.15) is 121 Å². The van der Waals surface area contributed by atoms with E-state index in [1.807, 2.05) is 40.7 Å². The van der Waals surface area contributed by atoms with Crippen LogP contribution < -0.4 is 5.32 Å². The van der Waals surface area contributed by atoms with E-state index in [9.17, 15) is 19.6 Å². The second-order valence-electron chi connectivity index (χ2n) is 17.9. The highest BCUT2D eigenvalue weighted by molar-refractivity contribution is 6.04. The molecule has 0 aromatic carbocycles. The molecule has 0 aromatic heterocycles. The first kappa shape index (κ1) is 31.3. The Labute approximate surface area is 253 Å². The van der Waals surface area contributed by atoms with Gasteiger partial charge in [0.15, 0.2) is 5.78 Å². The van der Waals surface area contributed by atoms with E-state index >= 15 is 0 Å². The molecule has 4 fully saturated rings. The van der Waals surface area contributed by atoms with Crippen LogP contribution in [0, 0.1) is 67.5 Å². The summed E-state index contributed by atoms with van der Waals surface area (Å²) < 4.78 is 5.61. The first-order chi connectivity index (χ1) is 19.2. The molecule has 232 valence electrons. The molecule has 8 atom stereocenters. The monoisotopic (exact) mass is 578 g/mol. The molecule has 42 heavy (non-hydrogen) atoms. The first-order valence-electron chi connectivity index (χ1n) is 16.3. The minimum absolute atomic E-state index is 0.0494. The van der Waals surface area contributed by atoms with Gasteiger partial charge < -0.3 is 10.1 Å². The van der Waals surface area contributed by atoms with Crippen LogP contribution in [0.5, 0.6) is 0 Å². The zero-order chi connectivity index (χ0) is 31.3. The predicted octanol–water partition coefficient (Wildman–Crippen LogP) is 7.81. The van der Waals surface area contributed by atoms with Gasteiger partial charge in [-0.25, -0.2) is 4.79 Å². The number of alkyl carbamates (subject to hydrolysis) is 1. The molecular weight excluding hydrogens is 524 g/mol. The molecule has 0 aromatic rings. The van der Waals surface area contributed by atoms with Crippen molar-refractivity contribution in [2.45, 2.75) is 126 Å². The van der Waals surface area contributed by atoms with Crippen LogP contribution in [0.2, 0.25) is 0 Å². The molecule has 0 spiro atoms. The number of nitriles is 1. The highest BCUT2D eigenvalue weighted by Crippen LogP contribution is 2.75. The van der Waals surface area contributed by atoms with Crippen molar-refractivity contribution in [3.8, 4) is 6.07 Å². The van der Waals surface area contributed by atoms with Gasteiger partial charge in [0, 0.05) is 24.3 Å². The number of fused-ring (bicyclic) bond motifs is 7. The van der Waals surface area contributed by atoms with Crippen molar-refractivity contribution in [3.63, 3.8) is 0 Å². The summed E-state index contributed by atoms with van der Waals surface area (Å²) in [7, 11) is 0. The van der Waals surface area contributed by atoms with Gasteiger partial charge in [0.25, 0.3) is 0 Å². The Morgan fingerprint density at radius 1 is 0.976 bits per heavy atom. The molecule has 0 aliphatic heterocycles. The van der Waals surface area contributed by atoms with Gasteiger partial charge in [-0.3, -0.25) is 9.59 Å². The summed E-state index contributed by atoms with van der Waals surface area (Å²) in [6, 6.07) is 2.22. The fourth-order valence-electron chi connectivity index (χ4n) is 11.3. The normalized spacial score (nSPS) is 43.9. The van der Waals surface area contributed by atoms with E-state index in [2.05, 4.69) is 46.0 Å². The van der Waals surface area contributed by atoms with E-state index in [0.29, 0.717) is 18.7 Å². The first-order valence-corrected chi connectivity index (χ1v) is 16.3. The Morgan fingerprint density at radius 2 is 1.62 bits per heavy atom. The van der Waals surface area contributed by atoms with Crippen LogP contribution in [0.15, 0.2) is 11.6 Å². The van der Waals surface area contributed by atoms with Crippen molar-refractivity contribution >= 4 is 17.7 Å². The molecule has 1 N–H and O–H groups in total. The summed E-state index contributed by atoms with van der Waals surface area (Å²) in [6.07, 6.45) is 9.01. The minimum Gasteiger partial charge on any atom is -0.444 e. The third kappa shape index (κ3) is 4.42. The smallest absolute Gasteiger partial charge is 0.407 e. The molecule has 6 nitrogen and oxygen atoms in total. The van der Waals surface area contributed by atoms with Crippen molar-refractivity contribution in [3.05, 3.63) is 11.6 Å². The van der Waals surface area contributed by atoms with E-state index in [4.69, 9.17) is 4.74 Å². The lowest BCUT2D eigenvalue weighted by Crippen LogP contribution is -2.69. The van der Waals surface area contributed by atoms with Crippen molar-refractivity contribution in [2.24, 2.45) is 56.2 Å². The van der Waals surface area contributed by atoms with Crippen molar-refractivity contribution < 1.29 is 19.1 Å². The lowest BCUT2D eigenvalue weighted by Gasteiger charge is -2.72. The van der Waals surface area contributed by atoms with Crippen molar-refractivity contribution in [1.82, 2.24) is 5.32 Å². The highest BCUT2D eigenvalue weighted by atomic mass is 16.6. The largest absolute Gasteiger partial charge is 0.444 e. The Kier molecular flexibility index (Phi) is 7.01. The van der Waals surface area contributed by atoms with Gasteiger partial charge in [-0.05, 0) is 111 Å². The SMILES string of the molecule is CC1(C)CC[C@]2(CNC(=O)OC(C)(C)C)CC[C@]3(C)[C@H](C(=O)CC4[C@@]5(C)C=C(C#N)C(=O)C(C)(C)C5CC[C@]43C)[C@@H]2C1. The number of allylic oxidation sites excluding steroid dienone is 2. The lowest BCUT2D eigenvalue weighted by molar-refractivity contribution is -0.222. The second-order valence-corrected chi connectivity index (χ2v) is 17.9. The number of carbonyl (C=O) groups excluding carboxylic acids is 3. The van der Waals surface area contributed by atoms with E-state index in [1.165, 1.54) is 0 Å². The van der Waals surface area contributed by atoms with E-state index in [1.54, 1.807) is 0 Å². The topological polar surface area (TPSA) is 96.3 Å². The van der Waals surface area contributed by atoms with Gasteiger partial charge in [0.1, 0.15) is 17.5 Å². The highest BCUT2D eigenvalue weighted by Gasteiger charge is 2.72. The van der Waals surface area contributed by atoms with E-state index < -0.39 is 16.4 Å². The molecular formula is C36H54N2O4. The summed E-state index contributed by atoms with van der Waals surface area (Å²) in [5.41, 5.74) is -1.58. The number of ether oxygens (including phenoxy) is 1. The number of hydrogen-bond donors (Lipinski definition) is 1. The van der Waals surface area contributed by atoms with Crippen LogP contribution in [0.3, 0.4) is 0 Å². The van der Waals surface area contributed by atoms with Gasteiger partial charge >= 0.3 is 6.09 Å². The minimum atomic E-state index is -0.626. The Balaban J connectivity index is 1.54. The third-order valence-electron chi connectivity index (χ3n) is 13.6. The average molecular weight is 579 g/mol. The number of nitrogens with one attached hydrogen (secondary N) is 1. The summed E-state index contributed by atoms with van der Waals surface area (Å²) in [5, 5.41) is 13.1. The number of amides is 1. The van der Waals surface area contributed by atoms with Crippen LogP contribution >= 0.6 is 0 Å². The van der Waals surface area contributed by atoms with Gasteiger partial charge in [-0.15, -0.1) is 0 Å². The lowest BCUT2D eigenvalue weighted by atomic mass is 9.31. The molecule has 5 rings (SSSR count). The average Bonchev–Trinajstić information content (AvgIpc) is 2.85. The van der Waals surface area contributed by atoms with Gasteiger partial charge in [0.05, 0.1) is 5.57 Å². The standard InChI is InChI=1S/C36H54N2O4/c1-30(2,3)42-29(41)38-21-36-15-13-31(4,5)19-23(36)27-24(39)17-26-33(8)18-22(20-37)28(40)32(6,7)25(33)11-12-34(26,9)35(27,10)14-16-36/h18,23,25-27H,11-17,19,21H2,1-10H3,(H,38,41)/t23-,25?,26?,27-,33-,34+,35+,36+/m0/s1. The summed E-state index contributed by atoms with van der Waals surface area (Å²) >= 11 is 0. The number of Topliss-reactive ketones (excluding diaryl/α,β-unsaturated/α-hetero) is 2. The van der Waals surface area contributed by atoms with Crippen LogP contribution in [0.25, 0.3) is 0 Å². The maximum Gasteiger partial charge on any atom is 0.407 e. The number of ketones is 2. The second kappa shape index (κ2) is 9.42.